The third-order valence-corrected chi connectivity index (χ3v) is 4.36. The molecule has 0 aromatic heterocycles. The van der Waals surface area contributed by atoms with Crippen molar-refractivity contribution in [3.63, 3.8) is 0 Å². The fourth-order valence-electron chi connectivity index (χ4n) is 2.87. The molecular formula is C23H22N2O4. The average molecular weight is 390 g/mol. The summed E-state index contributed by atoms with van der Waals surface area (Å²) in [5, 5.41) is 3.08. The largest absolute Gasteiger partial charge is 0.497 e. The first-order valence-corrected chi connectivity index (χ1v) is 9.08. The third kappa shape index (κ3) is 5.35. The Morgan fingerprint density at radius 1 is 0.862 bits per heavy atom. The van der Waals surface area contributed by atoms with Crippen LogP contribution in [0.1, 0.15) is 27.5 Å². The van der Waals surface area contributed by atoms with Crippen LogP contribution >= 0.6 is 0 Å². The molecule has 6 heteroatoms. The molecule has 6 nitrogen and oxygen atoms in total. The summed E-state index contributed by atoms with van der Waals surface area (Å²) in [7, 11) is 1.61. The Kier molecular flexibility index (Phi) is 6.47. The monoisotopic (exact) mass is 390 g/mol. The molecule has 0 bridgehead atoms. The van der Waals surface area contributed by atoms with E-state index in [1.165, 1.54) is 0 Å². The van der Waals surface area contributed by atoms with Gasteiger partial charge in [0.15, 0.2) is 6.61 Å². The number of carbonyl (C=O) groups excluding carboxylic acids is 2. The van der Waals surface area contributed by atoms with Crippen LogP contribution in [0.3, 0.4) is 0 Å². The normalized spacial score (nSPS) is 11.3. The van der Waals surface area contributed by atoms with Crippen molar-refractivity contribution < 1.29 is 19.1 Å². The summed E-state index contributed by atoms with van der Waals surface area (Å²) >= 11 is 0. The quantitative estimate of drug-likeness (QED) is 0.618. The van der Waals surface area contributed by atoms with Crippen LogP contribution in [-0.2, 0) is 4.79 Å². The van der Waals surface area contributed by atoms with Crippen LogP contribution in [0.15, 0.2) is 78.9 Å². The van der Waals surface area contributed by atoms with Crippen LogP contribution in [-0.4, -0.2) is 25.5 Å². The highest BCUT2D eigenvalue weighted by Crippen LogP contribution is 2.25. The standard InChI is InChI=1S/C23H22N2O4/c1-28-19-11-7-17(8-12-19)22(16-5-3-2-4-6-16)25-23(27)18-9-13-20(14-10-18)29-15-21(24)26/h2-14,22H,15H2,1H3,(H2,24,26)(H,25,27). The zero-order valence-corrected chi connectivity index (χ0v) is 16.0. The van der Waals surface area contributed by atoms with Gasteiger partial charge in [-0.15, -0.1) is 0 Å². The van der Waals surface area contributed by atoms with Gasteiger partial charge in [0.25, 0.3) is 11.8 Å². The lowest BCUT2D eigenvalue weighted by Crippen LogP contribution is -2.29. The number of benzene rings is 3. The van der Waals surface area contributed by atoms with Crippen molar-refractivity contribution in [2.24, 2.45) is 5.73 Å². The molecule has 148 valence electrons. The second-order valence-electron chi connectivity index (χ2n) is 6.37. The first-order valence-electron chi connectivity index (χ1n) is 9.08. The Hall–Kier alpha value is -3.80. The summed E-state index contributed by atoms with van der Waals surface area (Å²) in [6.07, 6.45) is 0. The van der Waals surface area contributed by atoms with Crippen LogP contribution in [0, 0.1) is 0 Å². The van der Waals surface area contributed by atoms with Crippen molar-refractivity contribution in [3.05, 3.63) is 95.6 Å². The molecule has 0 heterocycles. The summed E-state index contributed by atoms with van der Waals surface area (Å²) in [6.45, 7) is -0.209. The molecule has 0 aliphatic carbocycles. The molecule has 0 saturated carbocycles. The molecule has 3 rings (SSSR count). The summed E-state index contributed by atoms with van der Waals surface area (Å²) in [5.41, 5.74) is 7.45. The number of amides is 2. The van der Waals surface area contributed by atoms with Gasteiger partial charge < -0.3 is 20.5 Å². The van der Waals surface area contributed by atoms with E-state index in [1.807, 2.05) is 54.6 Å². The lowest BCUT2D eigenvalue weighted by atomic mass is 9.98. The van der Waals surface area contributed by atoms with Crippen molar-refractivity contribution in [2.45, 2.75) is 6.04 Å². The topological polar surface area (TPSA) is 90.7 Å². The predicted molar refractivity (Wildman–Crippen MR) is 110 cm³/mol. The van der Waals surface area contributed by atoms with E-state index in [-0.39, 0.29) is 18.6 Å². The summed E-state index contributed by atoms with van der Waals surface area (Å²) in [6, 6.07) is 23.5. The van der Waals surface area contributed by atoms with Crippen molar-refractivity contribution in [3.8, 4) is 11.5 Å². The molecule has 3 aromatic carbocycles. The fourth-order valence-corrected chi connectivity index (χ4v) is 2.87. The zero-order chi connectivity index (χ0) is 20.6. The molecule has 0 aliphatic rings. The Labute approximate surface area is 169 Å². The van der Waals surface area contributed by atoms with Crippen molar-refractivity contribution in [1.82, 2.24) is 5.32 Å². The molecule has 3 aromatic rings. The Bertz CT molecular complexity index is 954. The van der Waals surface area contributed by atoms with E-state index in [9.17, 15) is 9.59 Å². The second kappa shape index (κ2) is 9.41. The smallest absolute Gasteiger partial charge is 0.255 e. The van der Waals surface area contributed by atoms with Crippen LogP contribution in [0.2, 0.25) is 0 Å². The molecule has 3 N–H and O–H groups in total. The van der Waals surface area contributed by atoms with Gasteiger partial charge in [-0.3, -0.25) is 9.59 Å². The highest BCUT2D eigenvalue weighted by molar-refractivity contribution is 5.94. The van der Waals surface area contributed by atoms with Gasteiger partial charge in [-0.2, -0.15) is 0 Å². The maximum atomic E-state index is 12.9. The van der Waals surface area contributed by atoms with Crippen LogP contribution in [0.25, 0.3) is 0 Å². The van der Waals surface area contributed by atoms with Crippen molar-refractivity contribution >= 4 is 11.8 Å². The molecule has 29 heavy (non-hydrogen) atoms. The summed E-state index contributed by atoms with van der Waals surface area (Å²) in [5.74, 6) is 0.432. The summed E-state index contributed by atoms with van der Waals surface area (Å²) < 4.78 is 10.4. The Morgan fingerprint density at radius 2 is 1.45 bits per heavy atom. The molecule has 1 atom stereocenters. The van der Waals surface area contributed by atoms with Gasteiger partial charge in [-0.1, -0.05) is 42.5 Å². The number of nitrogens with two attached hydrogens (primary N) is 1. The van der Waals surface area contributed by atoms with Crippen LogP contribution < -0.4 is 20.5 Å². The molecule has 2 amide bonds. The number of ether oxygens (including phenoxy) is 2. The number of hydrogen-bond donors (Lipinski definition) is 2. The highest BCUT2D eigenvalue weighted by atomic mass is 16.5. The van der Waals surface area contributed by atoms with Gasteiger partial charge >= 0.3 is 0 Å². The van der Waals surface area contributed by atoms with Gasteiger partial charge in [0.05, 0.1) is 13.2 Å². The average Bonchev–Trinajstić information content (AvgIpc) is 2.77. The molecule has 0 fully saturated rings. The van der Waals surface area contributed by atoms with Crippen molar-refractivity contribution in [1.29, 1.82) is 0 Å². The minimum absolute atomic E-state index is 0.209. The third-order valence-electron chi connectivity index (χ3n) is 4.36. The SMILES string of the molecule is COc1ccc(C(NC(=O)c2ccc(OCC(N)=O)cc2)c2ccccc2)cc1. The molecule has 0 saturated heterocycles. The van der Waals surface area contributed by atoms with E-state index in [4.69, 9.17) is 15.2 Å². The minimum Gasteiger partial charge on any atom is -0.497 e. The maximum absolute atomic E-state index is 12.9. The maximum Gasteiger partial charge on any atom is 0.255 e. The van der Waals surface area contributed by atoms with E-state index >= 15 is 0 Å². The number of nitrogens with one attached hydrogen (secondary N) is 1. The van der Waals surface area contributed by atoms with E-state index in [2.05, 4.69) is 5.32 Å². The molecule has 0 spiro atoms. The van der Waals surface area contributed by atoms with Crippen LogP contribution in [0.4, 0.5) is 0 Å². The number of primary amides is 1. The number of rotatable bonds is 8. The van der Waals surface area contributed by atoms with Crippen molar-refractivity contribution in [2.75, 3.05) is 13.7 Å². The van der Waals surface area contributed by atoms with Gasteiger partial charge in [0, 0.05) is 5.56 Å². The second-order valence-corrected chi connectivity index (χ2v) is 6.37. The van der Waals surface area contributed by atoms with Gasteiger partial charge in [-0.25, -0.2) is 0 Å². The Morgan fingerprint density at radius 3 is 2.03 bits per heavy atom. The fraction of sp³-hybridized carbons (Fsp3) is 0.130. The van der Waals surface area contributed by atoms with Gasteiger partial charge in [0.2, 0.25) is 0 Å². The van der Waals surface area contributed by atoms with E-state index < -0.39 is 5.91 Å². The van der Waals surface area contributed by atoms with Crippen LogP contribution in [0.5, 0.6) is 11.5 Å². The van der Waals surface area contributed by atoms with E-state index in [0.29, 0.717) is 11.3 Å². The number of carbonyl (C=O) groups is 2. The van der Waals surface area contributed by atoms with E-state index in [0.717, 1.165) is 16.9 Å². The zero-order valence-electron chi connectivity index (χ0n) is 16.0. The Balaban J connectivity index is 1.80. The lowest BCUT2D eigenvalue weighted by Gasteiger charge is -2.20. The predicted octanol–water partition coefficient (Wildman–Crippen LogP) is 3.08. The first-order chi connectivity index (χ1) is 14.1. The first kappa shape index (κ1) is 19.9. The molecule has 0 radical (unpaired) electrons. The highest BCUT2D eigenvalue weighted by Gasteiger charge is 2.18. The number of methoxy groups -OCH3 is 1. The van der Waals surface area contributed by atoms with Gasteiger partial charge in [0.1, 0.15) is 11.5 Å². The molecular weight excluding hydrogens is 368 g/mol. The summed E-state index contributed by atoms with van der Waals surface area (Å²) in [4.78, 5) is 23.7. The molecule has 1 unspecified atom stereocenters. The van der Waals surface area contributed by atoms with Gasteiger partial charge in [-0.05, 0) is 47.5 Å². The number of hydrogen-bond acceptors (Lipinski definition) is 4. The van der Waals surface area contributed by atoms with E-state index in [1.54, 1.807) is 31.4 Å². The minimum atomic E-state index is -0.558. The molecule has 0 aliphatic heterocycles. The lowest BCUT2D eigenvalue weighted by molar-refractivity contribution is -0.119.